The lowest BCUT2D eigenvalue weighted by Gasteiger charge is -2.49. The van der Waals surface area contributed by atoms with Crippen molar-refractivity contribution in [2.75, 3.05) is 18.2 Å². The number of amides is 2. The molecule has 26 heavy (non-hydrogen) atoms. The first kappa shape index (κ1) is 20.0. The minimum absolute atomic E-state index is 0.137. The van der Waals surface area contributed by atoms with Crippen LogP contribution in [0.5, 0.6) is 0 Å². The Labute approximate surface area is 158 Å². The molecule has 2 atom stereocenters. The molecule has 2 unspecified atom stereocenters. The Morgan fingerprint density at radius 2 is 2.23 bits per heavy atom. The molecule has 0 spiro atoms. The molecule has 1 fully saturated rings. The van der Waals surface area contributed by atoms with Crippen LogP contribution in [0.3, 0.4) is 0 Å². The number of β-lactam (4-membered cyclic amide) rings is 1. The van der Waals surface area contributed by atoms with Crippen LogP contribution in [-0.2, 0) is 24.0 Å². The number of alkyl halides is 1. The van der Waals surface area contributed by atoms with Crippen LogP contribution < -0.4 is 5.32 Å². The van der Waals surface area contributed by atoms with E-state index in [1.807, 2.05) is 0 Å². The van der Waals surface area contributed by atoms with Gasteiger partial charge in [0.25, 0.3) is 11.8 Å². The van der Waals surface area contributed by atoms with Gasteiger partial charge in [-0.3, -0.25) is 19.3 Å². The summed E-state index contributed by atoms with van der Waals surface area (Å²) in [6.07, 6.45) is 1.39. The maximum absolute atomic E-state index is 12.4. The first-order valence-corrected chi connectivity index (χ1v) is 9.09. The predicted molar refractivity (Wildman–Crippen MR) is 94.7 cm³/mol. The van der Waals surface area contributed by atoms with Crippen LogP contribution >= 0.6 is 23.4 Å². The molecule has 0 radical (unpaired) electrons. The molecule has 2 heterocycles. The number of carbonyl (C=O) groups is 4. The number of nitrogens with zero attached hydrogens (tertiary/aromatic N) is 2. The van der Waals surface area contributed by atoms with Crippen molar-refractivity contribution in [2.24, 2.45) is 5.16 Å². The molecule has 2 aliphatic rings. The number of fused-ring (bicyclic) bond motifs is 1. The van der Waals surface area contributed by atoms with E-state index in [-0.39, 0.29) is 12.3 Å². The maximum atomic E-state index is 12.4. The number of hydrogen-bond acceptors (Lipinski definition) is 7. The summed E-state index contributed by atoms with van der Waals surface area (Å²) in [5.41, 5.74) is -0.276. The van der Waals surface area contributed by atoms with Crippen LogP contribution in [0.2, 0.25) is 0 Å². The van der Waals surface area contributed by atoms with Crippen LogP contribution in [0.1, 0.15) is 6.92 Å². The molecule has 11 heteroatoms. The van der Waals surface area contributed by atoms with Crippen molar-refractivity contribution in [1.29, 1.82) is 0 Å². The highest BCUT2D eigenvalue weighted by molar-refractivity contribution is 8.00. The zero-order valence-corrected chi connectivity index (χ0v) is 15.3. The van der Waals surface area contributed by atoms with Gasteiger partial charge in [-0.05, 0) is 12.5 Å². The van der Waals surface area contributed by atoms with Crippen LogP contribution in [0, 0.1) is 0 Å². The number of rotatable bonds is 8. The van der Waals surface area contributed by atoms with Gasteiger partial charge in [-0.15, -0.1) is 23.4 Å². The second-order valence-electron chi connectivity index (χ2n) is 5.16. The van der Waals surface area contributed by atoms with Crippen LogP contribution in [0.25, 0.3) is 0 Å². The van der Waals surface area contributed by atoms with E-state index in [0.29, 0.717) is 11.3 Å². The summed E-state index contributed by atoms with van der Waals surface area (Å²) in [5, 5.41) is 14.6. The van der Waals surface area contributed by atoms with Gasteiger partial charge in [-0.1, -0.05) is 17.8 Å². The van der Waals surface area contributed by atoms with Crippen LogP contribution in [0.15, 0.2) is 29.1 Å². The van der Waals surface area contributed by atoms with E-state index in [2.05, 4.69) is 17.1 Å². The van der Waals surface area contributed by atoms with E-state index in [1.54, 1.807) is 6.92 Å². The Morgan fingerprint density at radius 3 is 2.77 bits per heavy atom. The second kappa shape index (κ2) is 8.37. The normalized spacial score (nSPS) is 22.3. The summed E-state index contributed by atoms with van der Waals surface area (Å²) in [5.74, 6) is -3.65. The number of hydrogen-bond donors (Lipinski definition) is 2. The number of ketones is 1. The summed E-state index contributed by atoms with van der Waals surface area (Å²) < 4.78 is 0. The number of nitrogens with one attached hydrogen (secondary N) is 1. The predicted octanol–water partition coefficient (Wildman–Crippen LogP) is 0.111. The third-order valence-corrected chi connectivity index (χ3v) is 5.16. The number of thioether (sulfide) groups is 1. The standard InChI is InChI=1S/C15H16ClN3O6S/c1-3-7-6-26-14-10(13(22)19(14)11(7)15(23)24)17-12(21)9(8(20)5-16)18-25-4-2/h3,10,14H,1,4-6H2,2H3,(H,17,21)(H,23,24)/b18-9-. The van der Waals surface area contributed by atoms with Gasteiger partial charge in [0.05, 0.1) is 5.88 Å². The van der Waals surface area contributed by atoms with Crippen molar-refractivity contribution < 1.29 is 29.1 Å². The van der Waals surface area contributed by atoms with Crippen LogP contribution in [-0.4, -0.2) is 68.9 Å². The summed E-state index contributed by atoms with van der Waals surface area (Å²) in [6, 6.07) is -0.983. The molecule has 0 saturated carbocycles. The molecule has 0 bridgehead atoms. The van der Waals surface area contributed by atoms with Crippen LogP contribution in [0.4, 0.5) is 0 Å². The lowest BCUT2D eigenvalue weighted by molar-refractivity contribution is -0.150. The molecule has 0 aromatic heterocycles. The van der Waals surface area contributed by atoms with Gasteiger partial charge in [0.1, 0.15) is 23.7 Å². The van der Waals surface area contributed by atoms with Gasteiger partial charge < -0.3 is 15.3 Å². The molecule has 140 valence electrons. The topological polar surface area (TPSA) is 125 Å². The molecule has 9 nitrogen and oxygen atoms in total. The number of carbonyl (C=O) groups excluding carboxylic acids is 3. The number of aliphatic carboxylic acids is 1. The van der Waals surface area contributed by atoms with Crippen molar-refractivity contribution in [2.45, 2.75) is 18.3 Å². The summed E-state index contributed by atoms with van der Waals surface area (Å²) in [7, 11) is 0. The number of allylic oxidation sites excluding steroid dienone is 1. The average molecular weight is 402 g/mol. The quantitative estimate of drug-likeness (QED) is 0.194. The largest absolute Gasteiger partial charge is 0.477 e. The number of Topliss-reactive ketones (excluding diaryl/α,β-unsaturated/α-hetero) is 1. The number of carboxylic acids is 1. The van der Waals surface area contributed by atoms with Gasteiger partial charge in [0, 0.05) is 5.75 Å². The van der Waals surface area contributed by atoms with Gasteiger partial charge in [-0.2, -0.15) is 0 Å². The zero-order chi connectivity index (χ0) is 19.4. The molecule has 0 aromatic rings. The molecule has 0 aliphatic carbocycles. The van der Waals surface area contributed by atoms with Gasteiger partial charge >= 0.3 is 5.97 Å². The minimum Gasteiger partial charge on any atom is -0.477 e. The Kier molecular flexibility index (Phi) is 6.43. The fourth-order valence-electron chi connectivity index (χ4n) is 2.42. The van der Waals surface area contributed by atoms with E-state index in [4.69, 9.17) is 16.4 Å². The van der Waals surface area contributed by atoms with Gasteiger partial charge in [0.15, 0.2) is 0 Å². The second-order valence-corrected chi connectivity index (χ2v) is 6.53. The van der Waals surface area contributed by atoms with Gasteiger partial charge in [-0.25, -0.2) is 4.79 Å². The highest BCUT2D eigenvalue weighted by atomic mass is 35.5. The highest BCUT2D eigenvalue weighted by Gasteiger charge is 2.54. The number of carboxylic acid groups (broad SMARTS) is 1. The van der Waals surface area contributed by atoms with E-state index >= 15 is 0 Å². The molecule has 2 N–H and O–H groups in total. The average Bonchev–Trinajstić information content (AvgIpc) is 2.64. The van der Waals surface area contributed by atoms with Crippen molar-refractivity contribution in [3.05, 3.63) is 23.9 Å². The Bertz CT molecular complexity index is 735. The van der Waals surface area contributed by atoms with Crippen molar-refractivity contribution in [3.8, 4) is 0 Å². The lowest BCUT2D eigenvalue weighted by atomic mass is 10.0. The maximum Gasteiger partial charge on any atom is 0.352 e. The molecule has 2 rings (SSSR count). The molecular formula is C15H16ClN3O6S. The Hall–Kier alpha value is -2.33. The van der Waals surface area contributed by atoms with E-state index in [9.17, 15) is 24.3 Å². The summed E-state index contributed by atoms with van der Waals surface area (Å²) in [6.45, 7) is 5.31. The van der Waals surface area contributed by atoms with Gasteiger partial charge in [0.2, 0.25) is 11.5 Å². The lowest BCUT2D eigenvalue weighted by Crippen LogP contribution is -2.71. The monoisotopic (exact) mass is 401 g/mol. The van der Waals surface area contributed by atoms with Crippen molar-refractivity contribution in [3.63, 3.8) is 0 Å². The van der Waals surface area contributed by atoms with E-state index in [0.717, 1.165) is 4.90 Å². The summed E-state index contributed by atoms with van der Waals surface area (Å²) >= 11 is 6.73. The number of halogens is 1. The van der Waals surface area contributed by atoms with Crippen molar-refractivity contribution >= 4 is 52.6 Å². The molecular weight excluding hydrogens is 386 g/mol. The fraction of sp³-hybridized carbons (Fsp3) is 0.400. The van der Waals surface area contributed by atoms with E-state index in [1.165, 1.54) is 17.8 Å². The van der Waals surface area contributed by atoms with Crippen molar-refractivity contribution in [1.82, 2.24) is 10.2 Å². The first-order valence-electron chi connectivity index (χ1n) is 7.50. The molecule has 2 aliphatic heterocycles. The SMILES string of the molecule is C=CC1=C(C(=O)O)N2C(=O)C(NC(=O)/C(=N\OCC)C(=O)CCl)C2SC1. The summed E-state index contributed by atoms with van der Waals surface area (Å²) in [4.78, 5) is 53.7. The molecule has 0 aromatic carbocycles. The smallest absolute Gasteiger partial charge is 0.352 e. The third kappa shape index (κ3) is 3.61. The number of oxime groups is 1. The Morgan fingerprint density at radius 1 is 1.54 bits per heavy atom. The fourth-order valence-corrected chi connectivity index (χ4v) is 3.89. The third-order valence-electron chi connectivity index (χ3n) is 3.62. The zero-order valence-electron chi connectivity index (χ0n) is 13.7. The highest BCUT2D eigenvalue weighted by Crippen LogP contribution is 2.40. The first-order chi connectivity index (χ1) is 12.4. The Balaban J connectivity index is 2.18. The molecule has 1 saturated heterocycles. The van der Waals surface area contributed by atoms with E-state index < -0.39 is 46.6 Å². The minimum atomic E-state index is -1.25. The molecule has 2 amide bonds.